The predicted octanol–water partition coefficient (Wildman–Crippen LogP) is 4.51. The van der Waals surface area contributed by atoms with Crippen molar-refractivity contribution in [2.24, 2.45) is 0 Å². The lowest BCUT2D eigenvalue weighted by Gasteiger charge is -2.38. The highest BCUT2D eigenvalue weighted by atomic mass is 19.1. The van der Waals surface area contributed by atoms with Crippen LogP contribution in [0.1, 0.15) is 83.1 Å². The summed E-state index contributed by atoms with van der Waals surface area (Å²) < 4.78 is 21.5. The Bertz CT molecular complexity index is 2170. The summed E-state index contributed by atoms with van der Waals surface area (Å²) in [5.41, 5.74) is 8.81. The molecule has 0 radical (unpaired) electrons. The molecule has 0 aliphatic carbocycles. The minimum atomic E-state index is -0.606. The second-order valence-electron chi connectivity index (χ2n) is 15.2. The summed E-state index contributed by atoms with van der Waals surface area (Å²) in [5, 5.41) is 7.96. The summed E-state index contributed by atoms with van der Waals surface area (Å²) in [7, 11) is 0. The summed E-state index contributed by atoms with van der Waals surface area (Å²) in [6.45, 7) is 6.48. The monoisotopic (exact) mass is 778 g/mol. The van der Waals surface area contributed by atoms with Gasteiger partial charge in [0, 0.05) is 70.4 Å². The smallest absolute Gasteiger partial charge is 0.274 e. The van der Waals surface area contributed by atoms with Gasteiger partial charge in [0.25, 0.3) is 17.4 Å². The second kappa shape index (κ2) is 18.2. The minimum absolute atomic E-state index is 0.0186. The van der Waals surface area contributed by atoms with Crippen molar-refractivity contribution in [3.05, 3.63) is 105 Å². The molecule has 3 aliphatic rings. The van der Waals surface area contributed by atoms with E-state index in [4.69, 9.17) is 10.5 Å². The van der Waals surface area contributed by atoms with E-state index in [0.717, 1.165) is 57.2 Å². The van der Waals surface area contributed by atoms with Gasteiger partial charge in [0.1, 0.15) is 5.82 Å². The number of nitrogens with two attached hydrogens (primary N) is 1. The van der Waals surface area contributed by atoms with Crippen LogP contribution in [-0.4, -0.2) is 124 Å². The number of likely N-dealkylation sites (tertiary alicyclic amines) is 2. The standard InChI is InChI=1S/C43H51FN8O5/c1-2-3-4-7-30-25-37(45)40(46-27-30)43(56)51-18-14-32(15-19-51)57-31-12-16-49(17-13-31)28-39(53)50-20-22-52(23-21-50)42(55)35-24-29(10-11-36(35)44)26-38-33-8-5-6-9-34(33)41(54)48-47-38/h4-11,24-25,27,31-32H,2-3,12-23,26,28,45H2,1H3,(H,48,54)/b7-4+. The number of aromatic amines is 1. The molecule has 13 nitrogen and oxygen atoms in total. The minimum Gasteiger partial charge on any atom is -0.397 e. The number of piperazine rings is 1. The molecule has 2 aromatic carbocycles. The average Bonchev–Trinajstić information content (AvgIpc) is 3.23. The number of nitrogens with one attached hydrogen (secondary N) is 1. The molecular formula is C43H51FN8O5. The number of piperidine rings is 2. The Morgan fingerprint density at radius 3 is 2.25 bits per heavy atom. The molecule has 0 saturated carbocycles. The maximum Gasteiger partial charge on any atom is 0.274 e. The zero-order valence-corrected chi connectivity index (χ0v) is 32.5. The summed E-state index contributed by atoms with van der Waals surface area (Å²) in [4.78, 5) is 63.9. The molecule has 3 N–H and O–H groups in total. The molecular weight excluding hydrogens is 728 g/mol. The first-order valence-electron chi connectivity index (χ1n) is 20.1. The van der Waals surface area contributed by atoms with Crippen LogP contribution in [0.3, 0.4) is 0 Å². The Morgan fingerprint density at radius 2 is 1.54 bits per heavy atom. The third-order valence-corrected chi connectivity index (χ3v) is 11.2. The van der Waals surface area contributed by atoms with Gasteiger partial charge in [0.05, 0.1) is 41.1 Å². The molecule has 2 aromatic heterocycles. The molecule has 0 unspecified atom stereocenters. The number of ether oxygens (including phenoxy) is 1. The molecule has 3 amide bonds. The topological polar surface area (TPSA) is 158 Å². The van der Waals surface area contributed by atoms with Gasteiger partial charge in [0.15, 0.2) is 5.69 Å². The lowest BCUT2D eigenvalue weighted by Crippen LogP contribution is -2.53. The zero-order chi connectivity index (χ0) is 39.9. The Hall–Kier alpha value is -5.47. The number of nitrogen functional groups attached to an aromatic ring is 1. The van der Waals surface area contributed by atoms with E-state index in [-0.39, 0.29) is 35.1 Å². The number of halogens is 1. The maximum atomic E-state index is 15.0. The number of carbonyl (C=O) groups excluding carboxylic acids is 3. The Morgan fingerprint density at radius 1 is 0.877 bits per heavy atom. The van der Waals surface area contributed by atoms with E-state index in [9.17, 15) is 23.6 Å². The van der Waals surface area contributed by atoms with Crippen LogP contribution < -0.4 is 11.3 Å². The molecule has 0 spiro atoms. The van der Waals surface area contributed by atoms with E-state index in [1.165, 1.54) is 6.07 Å². The van der Waals surface area contributed by atoms with Crippen molar-refractivity contribution in [2.45, 2.75) is 64.1 Å². The largest absolute Gasteiger partial charge is 0.397 e. The van der Waals surface area contributed by atoms with Gasteiger partial charge in [-0.05, 0) is 67.5 Å². The summed E-state index contributed by atoms with van der Waals surface area (Å²) in [5.74, 6) is -1.15. The highest BCUT2D eigenvalue weighted by Crippen LogP contribution is 2.24. The number of H-pyrrole nitrogens is 1. The number of anilines is 1. The molecule has 14 heteroatoms. The molecule has 3 aliphatic heterocycles. The maximum absolute atomic E-state index is 15.0. The number of pyridine rings is 1. The van der Waals surface area contributed by atoms with Gasteiger partial charge in [-0.15, -0.1) is 0 Å². The van der Waals surface area contributed by atoms with Crippen molar-refractivity contribution >= 4 is 40.3 Å². The Labute approximate surface area is 331 Å². The van der Waals surface area contributed by atoms with Gasteiger partial charge >= 0.3 is 0 Å². The number of aromatic nitrogens is 3. The zero-order valence-electron chi connectivity index (χ0n) is 32.5. The van der Waals surface area contributed by atoms with Crippen molar-refractivity contribution < 1.29 is 23.5 Å². The average molecular weight is 779 g/mol. The molecule has 0 atom stereocenters. The number of hydrogen-bond acceptors (Lipinski definition) is 9. The third-order valence-electron chi connectivity index (χ3n) is 11.2. The Balaban J connectivity index is 0.825. The van der Waals surface area contributed by atoms with Gasteiger partial charge in [-0.1, -0.05) is 49.8 Å². The van der Waals surface area contributed by atoms with Crippen LogP contribution in [0.2, 0.25) is 0 Å². The number of allylic oxidation sites excluding steroid dienone is 1. The quantitative estimate of drug-likeness (QED) is 0.224. The van der Waals surface area contributed by atoms with Crippen LogP contribution in [0.4, 0.5) is 10.1 Å². The number of benzene rings is 2. The van der Waals surface area contributed by atoms with E-state index in [1.54, 1.807) is 46.3 Å². The van der Waals surface area contributed by atoms with Crippen molar-refractivity contribution in [1.29, 1.82) is 0 Å². The molecule has 300 valence electrons. The van der Waals surface area contributed by atoms with Crippen molar-refractivity contribution in [1.82, 2.24) is 34.8 Å². The number of amides is 3. The van der Waals surface area contributed by atoms with Crippen molar-refractivity contribution in [3.63, 3.8) is 0 Å². The predicted molar refractivity (Wildman–Crippen MR) is 216 cm³/mol. The molecule has 3 fully saturated rings. The van der Waals surface area contributed by atoms with Crippen molar-refractivity contribution in [2.75, 3.05) is 64.6 Å². The fourth-order valence-corrected chi connectivity index (χ4v) is 7.94. The summed E-state index contributed by atoms with van der Waals surface area (Å²) in [6, 6.07) is 13.4. The van der Waals surface area contributed by atoms with Crippen LogP contribution in [0.5, 0.6) is 0 Å². The van der Waals surface area contributed by atoms with Gasteiger partial charge < -0.3 is 25.2 Å². The first kappa shape index (κ1) is 39.8. The number of unbranched alkanes of at least 4 members (excludes halogenated alkanes) is 1. The van der Waals surface area contributed by atoms with E-state index in [1.807, 2.05) is 23.1 Å². The highest BCUT2D eigenvalue weighted by Gasteiger charge is 2.31. The van der Waals surface area contributed by atoms with E-state index >= 15 is 0 Å². The molecule has 57 heavy (non-hydrogen) atoms. The summed E-state index contributed by atoms with van der Waals surface area (Å²) >= 11 is 0. The van der Waals surface area contributed by atoms with Crippen LogP contribution >= 0.6 is 0 Å². The van der Waals surface area contributed by atoms with Gasteiger partial charge in [-0.2, -0.15) is 5.10 Å². The number of nitrogens with zero attached hydrogens (tertiary/aromatic N) is 6. The molecule has 0 bridgehead atoms. The molecule has 3 saturated heterocycles. The van der Waals surface area contributed by atoms with E-state index < -0.39 is 11.7 Å². The molecule has 5 heterocycles. The van der Waals surface area contributed by atoms with Crippen LogP contribution in [0.15, 0.2) is 65.6 Å². The third kappa shape index (κ3) is 9.57. The Kier molecular flexibility index (Phi) is 12.7. The fourth-order valence-electron chi connectivity index (χ4n) is 7.94. The number of hydrogen-bond donors (Lipinski definition) is 2. The normalized spacial score (nSPS) is 17.5. The van der Waals surface area contributed by atoms with E-state index in [0.29, 0.717) is 85.6 Å². The van der Waals surface area contributed by atoms with Crippen LogP contribution in [0.25, 0.3) is 16.8 Å². The first-order chi connectivity index (χ1) is 27.7. The van der Waals surface area contributed by atoms with Gasteiger partial charge in [-0.25, -0.2) is 14.5 Å². The lowest BCUT2D eigenvalue weighted by molar-refractivity contribution is -0.135. The van der Waals surface area contributed by atoms with E-state index in [2.05, 4.69) is 33.1 Å². The van der Waals surface area contributed by atoms with Crippen LogP contribution in [-0.2, 0) is 16.0 Å². The van der Waals surface area contributed by atoms with Gasteiger partial charge in [0.2, 0.25) is 5.91 Å². The molecule has 4 aromatic rings. The summed E-state index contributed by atoms with van der Waals surface area (Å²) in [6.07, 6.45) is 11.4. The number of carbonyl (C=O) groups is 3. The van der Waals surface area contributed by atoms with Crippen LogP contribution in [0, 0.1) is 5.82 Å². The molecule has 7 rings (SSSR count). The highest BCUT2D eigenvalue weighted by molar-refractivity contribution is 5.97. The van der Waals surface area contributed by atoms with Gasteiger partial charge in [-0.3, -0.25) is 24.1 Å². The lowest BCUT2D eigenvalue weighted by atomic mass is 10.0. The fraction of sp³-hybridized carbons (Fsp3) is 0.442. The number of fused-ring (bicyclic) bond motifs is 1. The first-order valence-corrected chi connectivity index (χ1v) is 20.1. The number of rotatable bonds is 11. The second-order valence-corrected chi connectivity index (χ2v) is 15.2. The van der Waals surface area contributed by atoms with Crippen molar-refractivity contribution in [3.8, 4) is 0 Å². The SMILES string of the molecule is CCC/C=C/c1cnc(C(=O)N2CCC(OC3CCN(CC(=O)N4CCN(C(=O)c5cc(Cc6n[nH]c(=O)c7ccccc67)ccc5F)CC4)CC3)CC2)c(N)c1.